The summed E-state index contributed by atoms with van der Waals surface area (Å²) < 4.78 is 0. The minimum atomic E-state index is 0.197. The lowest BCUT2D eigenvalue weighted by Crippen LogP contribution is -2.17. The fraction of sp³-hybridized carbons (Fsp3) is 0.0714. The van der Waals surface area contributed by atoms with Crippen molar-refractivity contribution in [3.8, 4) is 5.75 Å². The second-order valence-corrected chi connectivity index (χ2v) is 4.98. The molecule has 0 aliphatic carbocycles. The van der Waals surface area contributed by atoms with Crippen molar-refractivity contribution < 1.29 is 5.11 Å². The quantitative estimate of drug-likeness (QED) is 0.851. The molecule has 0 aliphatic rings. The second-order valence-electron chi connectivity index (χ2n) is 4.10. The van der Waals surface area contributed by atoms with Crippen LogP contribution in [0.5, 0.6) is 5.75 Å². The number of nitrogens with two attached hydrogens (primary N) is 1. The van der Waals surface area contributed by atoms with Crippen LogP contribution in [0.4, 0.5) is 11.4 Å². The Bertz CT molecular complexity index is 631. The summed E-state index contributed by atoms with van der Waals surface area (Å²) in [6.07, 6.45) is 0. The molecule has 0 aromatic heterocycles. The van der Waals surface area contributed by atoms with E-state index in [0.717, 1.165) is 16.9 Å². The molecule has 0 spiro atoms. The molecule has 0 heterocycles. The molecule has 19 heavy (non-hydrogen) atoms. The van der Waals surface area contributed by atoms with Crippen molar-refractivity contribution in [3.63, 3.8) is 0 Å². The van der Waals surface area contributed by atoms with E-state index in [2.05, 4.69) is 0 Å². The molecule has 0 atom stereocenters. The van der Waals surface area contributed by atoms with E-state index < -0.39 is 0 Å². The molecule has 0 bridgehead atoms. The lowest BCUT2D eigenvalue weighted by molar-refractivity contribution is 0.475. The number of hydrogen-bond donors (Lipinski definition) is 2. The van der Waals surface area contributed by atoms with E-state index in [0.29, 0.717) is 10.0 Å². The van der Waals surface area contributed by atoms with Crippen LogP contribution >= 0.6 is 23.8 Å². The van der Waals surface area contributed by atoms with Crippen molar-refractivity contribution >= 4 is 40.2 Å². The Morgan fingerprint density at radius 2 is 2.00 bits per heavy atom. The summed E-state index contributed by atoms with van der Waals surface area (Å²) in [5.74, 6) is 0.197. The highest BCUT2D eigenvalue weighted by atomic mass is 35.5. The summed E-state index contributed by atoms with van der Waals surface area (Å²) >= 11 is 11.1. The fourth-order valence-electron chi connectivity index (χ4n) is 1.83. The number of hydrogen-bond acceptors (Lipinski definition) is 3. The average molecular weight is 293 g/mol. The number of phenolic OH excluding ortho intramolecular Hbond substituents is 1. The van der Waals surface area contributed by atoms with Crippen LogP contribution in [0, 0.1) is 0 Å². The van der Waals surface area contributed by atoms with Crippen LogP contribution < -0.4 is 10.6 Å². The first-order valence-electron chi connectivity index (χ1n) is 5.61. The van der Waals surface area contributed by atoms with Crippen molar-refractivity contribution in [2.75, 3.05) is 11.9 Å². The van der Waals surface area contributed by atoms with Gasteiger partial charge in [-0.05, 0) is 30.3 Å². The third kappa shape index (κ3) is 2.97. The molecule has 2 aromatic rings. The minimum absolute atomic E-state index is 0.197. The van der Waals surface area contributed by atoms with E-state index in [1.807, 2.05) is 18.0 Å². The summed E-state index contributed by atoms with van der Waals surface area (Å²) in [6.45, 7) is 0. The van der Waals surface area contributed by atoms with Gasteiger partial charge in [0.05, 0.1) is 5.69 Å². The van der Waals surface area contributed by atoms with Crippen molar-refractivity contribution in [2.45, 2.75) is 0 Å². The highest BCUT2D eigenvalue weighted by Gasteiger charge is 2.12. The van der Waals surface area contributed by atoms with Crippen molar-refractivity contribution in [1.82, 2.24) is 0 Å². The first-order chi connectivity index (χ1) is 8.99. The minimum Gasteiger partial charge on any atom is -0.508 e. The molecule has 0 amide bonds. The van der Waals surface area contributed by atoms with Gasteiger partial charge in [0.1, 0.15) is 10.7 Å². The number of aromatic hydroxyl groups is 1. The summed E-state index contributed by atoms with van der Waals surface area (Å²) in [5.41, 5.74) is 8.08. The molecule has 2 rings (SSSR count). The zero-order valence-electron chi connectivity index (χ0n) is 10.3. The van der Waals surface area contributed by atoms with Crippen LogP contribution in [0.25, 0.3) is 0 Å². The van der Waals surface area contributed by atoms with Crippen LogP contribution in [0.15, 0.2) is 42.5 Å². The van der Waals surface area contributed by atoms with Crippen LogP contribution in [0.1, 0.15) is 5.56 Å². The van der Waals surface area contributed by atoms with Crippen LogP contribution in [-0.2, 0) is 0 Å². The average Bonchev–Trinajstić information content (AvgIpc) is 2.37. The Balaban J connectivity index is 2.51. The van der Waals surface area contributed by atoms with E-state index in [9.17, 15) is 5.11 Å². The number of phenols is 1. The van der Waals surface area contributed by atoms with E-state index >= 15 is 0 Å². The van der Waals surface area contributed by atoms with Gasteiger partial charge in [-0.15, -0.1) is 0 Å². The van der Waals surface area contributed by atoms with Gasteiger partial charge in [-0.1, -0.05) is 29.9 Å². The van der Waals surface area contributed by atoms with E-state index in [-0.39, 0.29) is 5.75 Å². The maximum absolute atomic E-state index is 9.54. The van der Waals surface area contributed by atoms with Gasteiger partial charge in [0.25, 0.3) is 0 Å². The molecule has 5 heteroatoms. The molecule has 98 valence electrons. The second kappa shape index (κ2) is 5.47. The number of rotatable bonds is 3. The zero-order chi connectivity index (χ0) is 14.0. The smallest absolute Gasteiger partial charge is 0.117 e. The van der Waals surface area contributed by atoms with Gasteiger partial charge in [0, 0.05) is 29.4 Å². The number of nitrogens with zero attached hydrogens (tertiary/aromatic N) is 1. The Morgan fingerprint density at radius 1 is 1.26 bits per heavy atom. The summed E-state index contributed by atoms with van der Waals surface area (Å²) in [6, 6.07) is 12.2. The molecule has 0 fully saturated rings. The number of thiocarbonyl (C=S) groups is 1. The molecule has 0 saturated heterocycles. The van der Waals surface area contributed by atoms with Gasteiger partial charge in [-0.3, -0.25) is 0 Å². The molecule has 3 N–H and O–H groups in total. The molecule has 0 radical (unpaired) electrons. The monoisotopic (exact) mass is 292 g/mol. The zero-order valence-corrected chi connectivity index (χ0v) is 11.9. The van der Waals surface area contributed by atoms with Crippen LogP contribution in [0.3, 0.4) is 0 Å². The van der Waals surface area contributed by atoms with Gasteiger partial charge in [-0.2, -0.15) is 0 Å². The Hall–Kier alpha value is -1.78. The highest BCUT2D eigenvalue weighted by Crippen LogP contribution is 2.31. The normalized spacial score (nSPS) is 10.2. The van der Waals surface area contributed by atoms with Gasteiger partial charge >= 0.3 is 0 Å². The summed E-state index contributed by atoms with van der Waals surface area (Å²) in [7, 11) is 1.86. The first-order valence-corrected chi connectivity index (χ1v) is 6.40. The molecule has 0 unspecified atom stereocenters. The van der Waals surface area contributed by atoms with Crippen LogP contribution in [-0.4, -0.2) is 17.1 Å². The summed E-state index contributed by atoms with van der Waals surface area (Å²) in [5, 5.41) is 10.1. The number of halogens is 1. The molecule has 3 nitrogen and oxygen atoms in total. The van der Waals surface area contributed by atoms with Gasteiger partial charge in [0.15, 0.2) is 0 Å². The van der Waals surface area contributed by atoms with Gasteiger partial charge in [0.2, 0.25) is 0 Å². The largest absolute Gasteiger partial charge is 0.508 e. The lowest BCUT2D eigenvalue weighted by Gasteiger charge is -2.22. The van der Waals surface area contributed by atoms with Crippen molar-refractivity contribution in [1.29, 1.82) is 0 Å². The Kier molecular flexibility index (Phi) is 3.93. The predicted molar refractivity (Wildman–Crippen MR) is 83.5 cm³/mol. The predicted octanol–water partition coefficient (Wildman–Crippen LogP) is 3.45. The lowest BCUT2D eigenvalue weighted by atomic mass is 10.1. The van der Waals surface area contributed by atoms with Gasteiger partial charge < -0.3 is 15.7 Å². The van der Waals surface area contributed by atoms with Gasteiger partial charge in [-0.25, -0.2) is 0 Å². The SMILES string of the molecule is CN(c1cccc(O)c1)c1cc(Cl)ccc1C(N)=S. The topological polar surface area (TPSA) is 49.5 Å². The summed E-state index contributed by atoms with van der Waals surface area (Å²) in [4.78, 5) is 2.18. The van der Waals surface area contributed by atoms with Crippen LogP contribution in [0.2, 0.25) is 5.02 Å². The third-order valence-electron chi connectivity index (χ3n) is 2.80. The van der Waals surface area contributed by atoms with E-state index in [4.69, 9.17) is 29.6 Å². The Morgan fingerprint density at radius 3 is 2.63 bits per heavy atom. The Labute approximate surface area is 122 Å². The fourth-order valence-corrected chi connectivity index (χ4v) is 2.17. The third-order valence-corrected chi connectivity index (χ3v) is 3.26. The van der Waals surface area contributed by atoms with Crippen molar-refractivity contribution in [3.05, 3.63) is 53.1 Å². The standard InChI is InChI=1S/C14H13ClN2OS/c1-17(10-3-2-4-11(18)8-10)13-7-9(15)5-6-12(13)14(16)19/h2-8,18H,1H3,(H2,16,19). The number of anilines is 2. The van der Waals surface area contributed by atoms with Crippen molar-refractivity contribution in [2.24, 2.45) is 5.73 Å². The highest BCUT2D eigenvalue weighted by molar-refractivity contribution is 7.80. The maximum atomic E-state index is 9.54. The first kappa shape index (κ1) is 13.6. The molecule has 2 aromatic carbocycles. The molecule has 0 aliphatic heterocycles. The number of benzene rings is 2. The molecular weight excluding hydrogens is 280 g/mol. The maximum Gasteiger partial charge on any atom is 0.117 e. The van der Waals surface area contributed by atoms with E-state index in [1.165, 1.54) is 0 Å². The molecule has 0 saturated carbocycles. The van der Waals surface area contributed by atoms with E-state index in [1.54, 1.807) is 36.4 Å². The molecular formula is C14H13ClN2OS.